The van der Waals surface area contributed by atoms with Gasteiger partial charge < -0.3 is 0 Å². The van der Waals surface area contributed by atoms with E-state index in [1.807, 2.05) is 0 Å². The Balaban J connectivity index is 2.78. The molecule has 2 radical (unpaired) electrons. The van der Waals surface area contributed by atoms with Crippen LogP contribution in [-0.4, -0.2) is 22.5 Å². The SMILES string of the molecule is CCCCCCCCCCCC[CH2][SnH]. The molecule has 0 nitrogen and oxygen atoms in total. The van der Waals surface area contributed by atoms with Crippen molar-refractivity contribution in [3.8, 4) is 0 Å². The Morgan fingerprint density at radius 2 is 0.929 bits per heavy atom. The average molecular weight is 303 g/mol. The van der Waals surface area contributed by atoms with Gasteiger partial charge in [-0.15, -0.1) is 0 Å². The van der Waals surface area contributed by atoms with E-state index >= 15 is 0 Å². The van der Waals surface area contributed by atoms with Crippen LogP contribution in [0.15, 0.2) is 0 Å². The summed E-state index contributed by atoms with van der Waals surface area (Å²) >= 11 is 1.47. The number of unbranched alkanes of at least 4 members (excludes halogenated alkanes) is 10. The van der Waals surface area contributed by atoms with E-state index in [9.17, 15) is 0 Å². The Labute approximate surface area is 104 Å². The monoisotopic (exact) mass is 304 g/mol. The van der Waals surface area contributed by atoms with Crippen molar-refractivity contribution < 1.29 is 0 Å². The van der Waals surface area contributed by atoms with Gasteiger partial charge in [0.25, 0.3) is 0 Å². The van der Waals surface area contributed by atoms with Crippen molar-refractivity contribution in [2.75, 3.05) is 0 Å². The molecule has 84 valence electrons. The molecule has 0 amide bonds. The third kappa shape index (κ3) is 12.8. The summed E-state index contributed by atoms with van der Waals surface area (Å²) in [6.07, 6.45) is 16.2. The van der Waals surface area contributed by atoms with Gasteiger partial charge in [0.2, 0.25) is 0 Å². The first kappa shape index (κ1) is 14.8. The van der Waals surface area contributed by atoms with Crippen LogP contribution in [-0.2, 0) is 0 Å². The molecule has 0 rings (SSSR count). The predicted octanol–water partition coefficient (Wildman–Crippen LogP) is 4.62. The topological polar surface area (TPSA) is 0 Å². The van der Waals surface area contributed by atoms with Crippen LogP contribution in [0, 0.1) is 0 Å². The molecular weight excluding hydrogens is 275 g/mol. The third-order valence-electron chi connectivity index (χ3n) is 2.81. The van der Waals surface area contributed by atoms with Crippen molar-refractivity contribution in [3.63, 3.8) is 0 Å². The van der Waals surface area contributed by atoms with Gasteiger partial charge >= 0.3 is 97.6 Å². The van der Waals surface area contributed by atoms with E-state index in [0.717, 1.165) is 0 Å². The van der Waals surface area contributed by atoms with Gasteiger partial charge in [-0.1, -0.05) is 6.92 Å². The molecule has 0 N–H and O–H groups in total. The predicted molar refractivity (Wildman–Crippen MR) is 68.4 cm³/mol. The summed E-state index contributed by atoms with van der Waals surface area (Å²) in [7, 11) is 0. The van der Waals surface area contributed by atoms with Gasteiger partial charge in [0.1, 0.15) is 0 Å². The van der Waals surface area contributed by atoms with Crippen LogP contribution in [0.25, 0.3) is 0 Å². The molecular formula is C13H28Sn. The number of rotatable bonds is 11. The van der Waals surface area contributed by atoms with Crippen molar-refractivity contribution in [1.29, 1.82) is 0 Å². The van der Waals surface area contributed by atoms with E-state index in [1.54, 1.807) is 0 Å². The van der Waals surface area contributed by atoms with Crippen LogP contribution >= 0.6 is 0 Å². The molecule has 0 aliphatic heterocycles. The standard InChI is InChI=1S/C13H27.Sn.H/c1-3-5-7-9-11-13-12-10-8-6-4-2;;/h1,3-13H2,2H3;;. The zero-order valence-electron chi connectivity index (χ0n) is 10.1. The maximum atomic E-state index is 2.29. The van der Waals surface area contributed by atoms with Crippen LogP contribution in [0.1, 0.15) is 77.6 Å². The zero-order chi connectivity index (χ0) is 10.5. The summed E-state index contributed by atoms with van der Waals surface area (Å²) in [4.78, 5) is 0. The van der Waals surface area contributed by atoms with Gasteiger partial charge in [-0.2, -0.15) is 0 Å². The summed E-state index contributed by atoms with van der Waals surface area (Å²) in [5, 5.41) is 0. The van der Waals surface area contributed by atoms with E-state index in [1.165, 1.54) is 97.6 Å². The minimum atomic E-state index is 1.38. The molecule has 0 unspecified atom stereocenters. The Hall–Kier alpha value is 0.799. The van der Waals surface area contributed by atoms with Crippen molar-refractivity contribution >= 4 is 22.5 Å². The molecule has 0 aromatic heterocycles. The minimum absolute atomic E-state index is 1.38. The molecule has 0 fully saturated rings. The molecule has 0 saturated carbocycles. The van der Waals surface area contributed by atoms with Crippen LogP contribution in [0.4, 0.5) is 0 Å². The molecule has 0 aromatic rings. The van der Waals surface area contributed by atoms with Gasteiger partial charge in [0.15, 0.2) is 0 Å². The van der Waals surface area contributed by atoms with Crippen molar-refractivity contribution in [2.24, 2.45) is 0 Å². The van der Waals surface area contributed by atoms with Gasteiger partial charge in [-0.3, -0.25) is 0 Å². The van der Waals surface area contributed by atoms with Crippen LogP contribution in [0.5, 0.6) is 0 Å². The Morgan fingerprint density at radius 1 is 0.571 bits per heavy atom. The van der Waals surface area contributed by atoms with E-state index in [2.05, 4.69) is 6.92 Å². The fraction of sp³-hybridized carbons (Fsp3) is 1.00. The molecule has 0 atom stereocenters. The van der Waals surface area contributed by atoms with Crippen molar-refractivity contribution in [3.05, 3.63) is 0 Å². The number of hydrogen-bond donors (Lipinski definition) is 0. The second-order valence-corrected chi connectivity index (χ2v) is 5.97. The maximum absolute atomic E-state index is 2.29. The average Bonchev–Trinajstić information content (AvgIpc) is 2.21. The molecule has 0 saturated heterocycles. The molecule has 0 bridgehead atoms. The van der Waals surface area contributed by atoms with E-state index < -0.39 is 0 Å². The Morgan fingerprint density at radius 3 is 1.29 bits per heavy atom. The summed E-state index contributed by atoms with van der Waals surface area (Å²) in [6, 6.07) is 0. The second-order valence-electron chi connectivity index (χ2n) is 4.32. The zero-order valence-corrected chi connectivity index (χ0v) is 13.4. The molecule has 0 aliphatic rings. The molecule has 0 aliphatic carbocycles. The van der Waals surface area contributed by atoms with E-state index in [4.69, 9.17) is 0 Å². The van der Waals surface area contributed by atoms with E-state index in [0.29, 0.717) is 0 Å². The van der Waals surface area contributed by atoms with Crippen molar-refractivity contribution in [1.82, 2.24) is 0 Å². The molecule has 14 heavy (non-hydrogen) atoms. The van der Waals surface area contributed by atoms with Gasteiger partial charge in [-0.05, 0) is 0 Å². The third-order valence-corrected chi connectivity index (χ3v) is 3.97. The molecule has 0 spiro atoms. The number of hydrogen-bond acceptors (Lipinski definition) is 0. The molecule has 0 heterocycles. The molecule has 0 aromatic carbocycles. The Bertz CT molecular complexity index is 79.2. The second kappa shape index (κ2) is 13.8. The Kier molecular flexibility index (Phi) is 14.6. The normalized spacial score (nSPS) is 10.7. The first-order chi connectivity index (χ1) is 6.91. The first-order valence-electron chi connectivity index (χ1n) is 6.62. The summed E-state index contributed by atoms with van der Waals surface area (Å²) < 4.78 is 1.50. The van der Waals surface area contributed by atoms with Gasteiger partial charge in [0, 0.05) is 0 Å². The van der Waals surface area contributed by atoms with Crippen LogP contribution < -0.4 is 0 Å². The van der Waals surface area contributed by atoms with Crippen LogP contribution in [0.3, 0.4) is 0 Å². The van der Waals surface area contributed by atoms with Gasteiger partial charge in [0.05, 0.1) is 0 Å². The van der Waals surface area contributed by atoms with Crippen molar-refractivity contribution in [2.45, 2.75) is 82.0 Å². The summed E-state index contributed by atoms with van der Waals surface area (Å²) in [6.45, 7) is 2.29. The first-order valence-corrected chi connectivity index (χ1v) is 8.95. The fourth-order valence-electron chi connectivity index (χ4n) is 1.81. The quantitative estimate of drug-likeness (QED) is 0.386. The van der Waals surface area contributed by atoms with Gasteiger partial charge in [-0.25, -0.2) is 0 Å². The van der Waals surface area contributed by atoms with E-state index in [-0.39, 0.29) is 0 Å². The fourth-order valence-corrected chi connectivity index (χ4v) is 2.63. The summed E-state index contributed by atoms with van der Waals surface area (Å²) in [5.41, 5.74) is 0. The van der Waals surface area contributed by atoms with Crippen LogP contribution in [0.2, 0.25) is 4.44 Å². The molecule has 1 heteroatoms. The summed E-state index contributed by atoms with van der Waals surface area (Å²) in [5.74, 6) is 0.